The molecule has 0 amide bonds. The highest BCUT2D eigenvalue weighted by atomic mass is 19.1. The van der Waals surface area contributed by atoms with Gasteiger partial charge >= 0.3 is 7.12 Å². The Morgan fingerprint density at radius 3 is 2.50 bits per heavy atom. The van der Waals surface area contributed by atoms with Crippen molar-refractivity contribution in [3.05, 3.63) is 29.6 Å². The van der Waals surface area contributed by atoms with Gasteiger partial charge in [0, 0.05) is 0 Å². The van der Waals surface area contributed by atoms with Crippen LogP contribution >= 0.6 is 0 Å². The second-order valence-electron chi connectivity index (χ2n) is 5.43. The normalized spacial score (nSPS) is 26.6. The molecule has 1 aliphatic rings. The predicted octanol–water partition coefficient (Wildman–Crippen LogP) is 0.978. The summed E-state index contributed by atoms with van der Waals surface area (Å²) in [7, 11) is -1.67. The third-order valence-corrected chi connectivity index (χ3v) is 3.42. The van der Waals surface area contributed by atoms with Crippen molar-refractivity contribution in [3.63, 3.8) is 0 Å². The molecule has 0 spiro atoms. The molecule has 1 aliphatic heterocycles. The molecule has 4 nitrogen and oxygen atoms in total. The van der Waals surface area contributed by atoms with Crippen molar-refractivity contribution in [1.82, 2.24) is 0 Å². The van der Waals surface area contributed by atoms with Crippen LogP contribution in [0.3, 0.4) is 0 Å². The summed E-state index contributed by atoms with van der Waals surface area (Å²) in [5, 5.41) is 18.2. The number of hydrogen-bond donors (Lipinski definition) is 2. The highest BCUT2D eigenvalue weighted by molar-refractivity contribution is 6.58. The van der Waals surface area contributed by atoms with E-state index in [1.807, 2.05) is 13.8 Å². The zero-order valence-electron chi connectivity index (χ0n) is 11.8. The minimum absolute atomic E-state index is 0.0829. The Kier molecular flexibility index (Phi) is 5.15. The summed E-state index contributed by atoms with van der Waals surface area (Å²) in [6, 6.07) is 3.99. The van der Waals surface area contributed by atoms with Crippen LogP contribution in [0.25, 0.3) is 0 Å². The molecule has 2 atom stereocenters. The molecule has 2 unspecified atom stereocenters. The number of halogens is 1. The Morgan fingerprint density at radius 2 is 1.90 bits per heavy atom. The van der Waals surface area contributed by atoms with E-state index in [2.05, 4.69) is 0 Å². The molecule has 1 heterocycles. The summed E-state index contributed by atoms with van der Waals surface area (Å²) in [4.78, 5) is 0. The van der Waals surface area contributed by atoms with Crippen LogP contribution in [0.2, 0.25) is 0 Å². The van der Waals surface area contributed by atoms with Crippen molar-refractivity contribution in [2.45, 2.75) is 51.6 Å². The Labute approximate surface area is 118 Å². The summed E-state index contributed by atoms with van der Waals surface area (Å²) in [5.74, 6) is -0.497. The first-order valence-corrected chi connectivity index (χ1v) is 6.86. The quantitative estimate of drug-likeness (QED) is 0.808. The van der Waals surface area contributed by atoms with Crippen LogP contribution in [0.1, 0.15) is 32.3 Å². The molecular formula is C14H20BFO4. The molecule has 1 fully saturated rings. The van der Waals surface area contributed by atoms with Gasteiger partial charge in [0.2, 0.25) is 0 Å². The maximum atomic E-state index is 13.4. The van der Waals surface area contributed by atoms with Crippen molar-refractivity contribution in [2.24, 2.45) is 0 Å². The van der Waals surface area contributed by atoms with Crippen molar-refractivity contribution in [2.75, 3.05) is 0 Å². The first kappa shape index (κ1) is 15.4. The fourth-order valence-corrected chi connectivity index (χ4v) is 2.60. The minimum Gasteiger partial charge on any atom is -0.423 e. The lowest BCUT2D eigenvalue weighted by molar-refractivity contribution is -0.106. The van der Waals surface area contributed by atoms with E-state index in [0.29, 0.717) is 5.56 Å². The molecule has 20 heavy (non-hydrogen) atoms. The monoisotopic (exact) mass is 282 g/mol. The second-order valence-corrected chi connectivity index (χ2v) is 5.43. The molecule has 2 rings (SSSR count). The summed E-state index contributed by atoms with van der Waals surface area (Å²) in [5.41, 5.74) is 0.734. The van der Waals surface area contributed by atoms with Gasteiger partial charge in [-0.2, -0.15) is 0 Å². The van der Waals surface area contributed by atoms with Crippen molar-refractivity contribution >= 4 is 12.6 Å². The smallest absolute Gasteiger partial charge is 0.423 e. The topological polar surface area (TPSA) is 58.9 Å². The molecule has 0 aliphatic carbocycles. The largest absolute Gasteiger partial charge is 0.488 e. The zero-order chi connectivity index (χ0) is 14.7. The molecule has 0 radical (unpaired) electrons. The van der Waals surface area contributed by atoms with E-state index in [1.165, 1.54) is 6.07 Å². The van der Waals surface area contributed by atoms with Gasteiger partial charge in [0.05, 0.1) is 24.9 Å². The fourth-order valence-electron chi connectivity index (χ4n) is 2.60. The average molecular weight is 282 g/mol. The SMILES string of the molecule is CC1CC(OCc2cc(F)cc(B(O)O)c2)CC(C)O1. The third-order valence-electron chi connectivity index (χ3n) is 3.42. The number of ether oxygens (including phenoxy) is 2. The van der Waals surface area contributed by atoms with Crippen molar-refractivity contribution in [3.8, 4) is 0 Å². The molecule has 1 aromatic carbocycles. The van der Waals surface area contributed by atoms with Crippen LogP contribution in [0.15, 0.2) is 18.2 Å². The third kappa shape index (κ3) is 4.28. The Morgan fingerprint density at radius 1 is 1.25 bits per heavy atom. The second kappa shape index (κ2) is 6.67. The van der Waals surface area contributed by atoms with E-state index in [-0.39, 0.29) is 30.4 Å². The van der Waals surface area contributed by atoms with Crippen LogP contribution < -0.4 is 5.46 Å². The lowest BCUT2D eigenvalue weighted by Crippen LogP contribution is -2.34. The van der Waals surface area contributed by atoms with E-state index in [1.54, 1.807) is 6.07 Å². The first-order chi connectivity index (χ1) is 9.44. The lowest BCUT2D eigenvalue weighted by Gasteiger charge is -2.32. The Hall–Kier alpha value is -0.945. The zero-order valence-corrected chi connectivity index (χ0v) is 11.8. The molecule has 0 aromatic heterocycles. The van der Waals surface area contributed by atoms with Gasteiger partial charge in [0.15, 0.2) is 0 Å². The van der Waals surface area contributed by atoms with Gasteiger partial charge in [0.1, 0.15) is 5.82 Å². The minimum atomic E-state index is -1.67. The van der Waals surface area contributed by atoms with Gasteiger partial charge in [0.25, 0.3) is 0 Å². The van der Waals surface area contributed by atoms with Crippen molar-refractivity contribution < 1.29 is 23.9 Å². The molecule has 110 valence electrons. The van der Waals surface area contributed by atoms with E-state index in [0.717, 1.165) is 18.9 Å². The fraction of sp³-hybridized carbons (Fsp3) is 0.571. The van der Waals surface area contributed by atoms with Gasteiger partial charge < -0.3 is 19.5 Å². The van der Waals surface area contributed by atoms with Crippen LogP contribution in [0.4, 0.5) is 4.39 Å². The molecule has 6 heteroatoms. The van der Waals surface area contributed by atoms with Crippen LogP contribution in [0.5, 0.6) is 0 Å². The van der Waals surface area contributed by atoms with Crippen LogP contribution in [0, 0.1) is 5.82 Å². The van der Waals surface area contributed by atoms with E-state index < -0.39 is 12.9 Å². The summed E-state index contributed by atoms with van der Waals surface area (Å²) >= 11 is 0. The van der Waals surface area contributed by atoms with Gasteiger partial charge in [-0.15, -0.1) is 0 Å². The Balaban J connectivity index is 1.96. The van der Waals surface area contributed by atoms with Crippen LogP contribution in [-0.2, 0) is 16.1 Å². The Bertz CT molecular complexity index is 445. The van der Waals surface area contributed by atoms with Gasteiger partial charge in [-0.05, 0) is 49.8 Å². The van der Waals surface area contributed by atoms with E-state index in [9.17, 15) is 4.39 Å². The average Bonchev–Trinajstić information content (AvgIpc) is 2.34. The van der Waals surface area contributed by atoms with E-state index in [4.69, 9.17) is 19.5 Å². The predicted molar refractivity (Wildman–Crippen MR) is 74.0 cm³/mol. The van der Waals surface area contributed by atoms with Crippen molar-refractivity contribution in [1.29, 1.82) is 0 Å². The highest BCUT2D eigenvalue weighted by Crippen LogP contribution is 2.22. The molecule has 1 saturated heterocycles. The summed E-state index contributed by atoms with van der Waals surface area (Å²) in [6.07, 6.45) is 2.03. The van der Waals surface area contributed by atoms with Gasteiger partial charge in [-0.25, -0.2) is 4.39 Å². The molecular weight excluding hydrogens is 262 g/mol. The molecule has 1 aromatic rings. The number of hydrogen-bond acceptors (Lipinski definition) is 4. The summed E-state index contributed by atoms with van der Waals surface area (Å²) in [6.45, 7) is 4.27. The highest BCUT2D eigenvalue weighted by Gasteiger charge is 2.25. The lowest BCUT2D eigenvalue weighted by atomic mass is 9.79. The number of rotatable bonds is 4. The molecule has 0 bridgehead atoms. The maximum Gasteiger partial charge on any atom is 0.488 e. The number of benzene rings is 1. The standard InChI is InChI=1S/C14H20BFO4/c1-9-3-14(4-10(2)20-9)19-8-11-5-12(15(17)18)7-13(16)6-11/h5-7,9-10,14,17-18H,3-4,8H2,1-2H3. The van der Waals surface area contributed by atoms with Gasteiger partial charge in [-0.1, -0.05) is 6.07 Å². The van der Waals surface area contributed by atoms with Gasteiger partial charge in [-0.3, -0.25) is 0 Å². The molecule has 2 N–H and O–H groups in total. The summed E-state index contributed by atoms with van der Waals surface area (Å²) < 4.78 is 24.8. The molecule has 0 saturated carbocycles. The maximum absolute atomic E-state index is 13.4. The van der Waals surface area contributed by atoms with E-state index >= 15 is 0 Å². The van der Waals surface area contributed by atoms with Crippen LogP contribution in [-0.4, -0.2) is 35.5 Å². The first-order valence-electron chi connectivity index (χ1n) is 6.86.